The van der Waals surface area contributed by atoms with Gasteiger partial charge in [-0.05, 0) is 30.5 Å². The van der Waals surface area contributed by atoms with Crippen LogP contribution >= 0.6 is 11.6 Å². The van der Waals surface area contributed by atoms with E-state index < -0.39 is 6.04 Å². The van der Waals surface area contributed by atoms with Crippen LogP contribution in [0.2, 0.25) is 5.02 Å². The first kappa shape index (κ1) is 15.3. The molecule has 1 unspecified atom stereocenters. The summed E-state index contributed by atoms with van der Waals surface area (Å²) in [6, 6.07) is 7.36. The van der Waals surface area contributed by atoms with Crippen molar-refractivity contribution >= 4 is 17.6 Å². The highest BCUT2D eigenvalue weighted by Crippen LogP contribution is 2.23. The summed E-state index contributed by atoms with van der Waals surface area (Å²) in [5.41, 5.74) is 0.869. The smallest absolute Gasteiger partial charge is 0.327 e. The van der Waals surface area contributed by atoms with E-state index >= 15 is 0 Å². The molecule has 0 heterocycles. The Labute approximate surface area is 125 Å². The maximum atomic E-state index is 12.1. The maximum Gasteiger partial charge on any atom is 0.327 e. The Morgan fingerprint density at radius 3 is 2.60 bits per heavy atom. The van der Waals surface area contributed by atoms with Crippen LogP contribution in [0.1, 0.15) is 50.1 Å². The monoisotopic (exact) mass is 295 g/mol. The fourth-order valence-corrected chi connectivity index (χ4v) is 2.98. The third-order valence-corrected chi connectivity index (χ3v) is 4.11. The van der Waals surface area contributed by atoms with E-state index in [-0.39, 0.29) is 5.97 Å². The Kier molecular flexibility index (Phi) is 5.86. The molecule has 20 heavy (non-hydrogen) atoms. The molecule has 0 radical (unpaired) electrons. The van der Waals surface area contributed by atoms with Crippen LogP contribution in [0.25, 0.3) is 0 Å². The van der Waals surface area contributed by atoms with Crippen molar-refractivity contribution in [3.63, 3.8) is 0 Å². The van der Waals surface area contributed by atoms with Gasteiger partial charge in [0.25, 0.3) is 0 Å². The summed E-state index contributed by atoms with van der Waals surface area (Å²) in [6.07, 6.45) is 7.26. The van der Waals surface area contributed by atoms with Gasteiger partial charge in [-0.1, -0.05) is 49.4 Å². The average Bonchev–Trinajstić information content (AvgIpc) is 2.72. The van der Waals surface area contributed by atoms with Crippen molar-refractivity contribution in [2.24, 2.45) is 0 Å². The number of esters is 1. The summed E-state index contributed by atoms with van der Waals surface area (Å²) >= 11 is 6.03. The van der Waals surface area contributed by atoms with Gasteiger partial charge in [0.2, 0.25) is 0 Å². The summed E-state index contributed by atoms with van der Waals surface area (Å²) in [7, 11) is 1.43. The zero-order valence-electron chi connectivity index (χ0n) is 11.9. The van der Waals surface area contributed by atoms with Crippen LogP contribution in [0.15, 0.2) is 24.3 Å². The molecule has 0 bridgehead atoms. The van der Waals surface area contributed by atoms with Gasteiger partial charge in [0.05, 0.1) is 7.11 Å². The summed E-state index contributed by atoms with van der Waals surface area (Å²) in [5.74, 6) is -0.253. The van der Waals surface area contributed by atoms with Crippen LogP contribution < -0.4 is 5.32 Å². The lowest BCUT2D eigenvalue weighted by molar-refractivity contribution is -0.143. The van der Waals surface area contributed by atoms with E-state index in [1.54, 1.807) is 0 Å². The second kappa shape index (κ2) is 7.65. The quantitative estimate of drug-likeness (QED) is 0.677. The molecule has 1 aromatic carbocycles. The number of halogens is 1. The molecular formula is C16H22ClNO2. The SMILES string of the molecule is COC(=O)C(NC1CCCCCC1)c1cccc(Cl)c1. The van der Waals surface area contributed by atoms with Crippen molar-refractivity contribution in [3.8, 4) is 0 Å². The van der Waals surface area contributed by atoms with E-state index in [0.717, 1.165) is 18.4 Å². The van der Waals surface area contributed by atoms with E-state index in [2.05, 4.69) is 5.32 Å². The first-order valence-electron chi connectivity index (χ1n) is 7.30. The van der Waals surface area contributed by atoms with Crippen LogP contribution in [-0.4, -0.2) is 19.1 Å². The molecule has 3 nitrogen and oxygen atoms in total. The lowest BCUT2D eigenvalue weighted by Gasteiger charge is -2.23. The van der Waals surface area contributed by atoms with Crippen LogP contribution in [-0.2, 0) is 9.53 Å². The molecule has 0 aromatic heterocycles. The zero-order chi connectivity index (χ0) is 14.4. The number of carbonyl (C=O) groups is 1. The summed E-state index contributed by atoms with van der Waals surface area (Å²) in [5, 5.41) is 4.09. The molecule has 1 atom stereocenters. The number of hydrogen-bond donors (Lipinski definition) is 1. The lowest BCUT2D eigenvalue weighted by atomic mass is 10.0. The van der Waals surface area contributed by atoms with Crippen LogP contribution in [0.5, 0.6) is 0 Å². The zero-order valence-corrected chi connectivity index (χ0v) is 12.7. The van der Waals surface area contributed by atoms with Gasteiger partial charge in [0.15, 0.2) is 0 Å². The topological polar surface area (TPSA) is 38.3 Å². The van der Waals surface area contributed by atoms with E-state index in [0.29, 0.717) is 11.1 Å². The largest absolute Gasteiger partial charge is 0.468 e. The Morgan fingerprint density at radius 1 is 1.30 bits per heavy atom. The second-order valence-corrected chi connectivity index (χ2v) is 5.80. The number of benzene rings is 1. The third-order valence-electron chi connectivity index (χ3n) is 3.88. The number of carbonyl (C=O) groups excluding carboxylic acids is 1. The number of rotatable bonds is 4. The van der Waals surface area contributed by atoms with E-state index in [1.165, 1.54) is 32.8 Å². The highest BCUT2D eigenvalue weighted by atomic mass is 35.5. The Morgan fingerprint density at radius 2 is 2.00 bits per heavy atom. The van der Waals surface area contributed by atoms with Gasteiger partial charge in [-0.3, -0.25) is 5.32 Å². The van der Waals surface area contributed by atoms with E-state index in [1.807, 2.05) is 24.3 Å². The highest BCUT2D eigenvalue weighted by molar-refractivity contribution is 6.30. The van der Waals surface area contributed by atoms with Gasteiger partial charge >= 0.3 is 5.97 Å². The molecule has 0 amide bonds. The highest BCUT2D eigenvalue weighted by Gasteiger charge is 2.25. The molecule has 0 saturated heterocycles. The molecule has 4 heteroatoms. The number of hydrogen-bond acceptors (Lipinski definition) is 3. The van der Waals surface area contributed by atoms with Crippen molar-refractivity contribution < 1.29 is 9.53 Å². The lowest BCUT2D eigenvalue weighted by Crippen LogP contribution is -2.37. The molecule has 1 N–H and O–H groups in total. The van der Waals surface area contributed by atoms with Gasteiger partial charge < -0.3 is 4.74 Å². The van der Waals surface area contributed by atoms with E-state index in [9.17, 15) is 4.79 Å². The predicted molar refractivity (Wildman–Crippen MR) is 80.8 cm³/mol. The second-order valence-electron chi connectivity index (χ2n) is 5.37. The summed E-state index contributed by atoms with van der Waals surface area (Å²) < 4.78 is 4.93. The molecule has 0 spiro atoms. The Bertz CT molecular complexity index is 442. The fraction of sp³-hybridized carbons (Fsp3) is 0.562. The van der Waals surface area contributed by atoms with Crippen molar-refractivity contribution in [2.45, 2.75) is 50.6 Å². The molecule has 1 saturated carbocycles. The number of methoxy groups -OCH3 is 1. The molecule has 1 aliphatic carbocycles. The van der Waals surface area contributed by atoms with Crippen molar-refractivity contribution in [2.75, 3.05) is 7.11 Å². The Balaban J connectivity index is 2.12. The van der Waals surface area contributed by atoms with Crippen LogP contribution in [0.4, 0.5) is 0 Å². The predicted octanol–water partition coefficient (Wildman–Crippen LogP) is 3.87. The van der Waals surface area contributed by atoms with Gasteiger partial charge in [-0.2, -0.15) is 0 Å². The van der Waals surface area contributed by atoms with Crippen molar-refractivity contribution in [1.29, 1.82) is 0 Å². The number of ether oxygens (including phenoxy) is 1. The first-order chi connectivity index (χ1) is 9.70. The van der Waals surface area contributed by atoms with Gasteiger partial charge in [-0.25, -0.2) is 4.79 Å². The Hall–Kier alpha value is -1.06. The minimum absolute atomic E-state index is 0.253. The fourth-order valence-electron chi connectivity index (χ4n) is 2.79. The molecular weight excluding hydrogens is 274 g/mol. The average molecular weight is 296 g/mol. The number of nitrogens with one attached hydrogen (secondary N) is 1. The van der Waals surface area contributed by atoms with Crippen LogP contribution in [0.3, 0.4) is 0 Å². The first-order valence-corrected chi connectivity index (χ1v) is 7.68. The van der Waals surface area contributed by atoms with Gasteiger partial charge in [-0.15, -0.1) is 0 Å². The van der Waals surface area contributed by atoms with Crippen LogP contribution in [0, 0.1) is 0 Å². The minimum atomic E-state index is -0.429. The van der Waals surface area contributed by atoms with E-state index in [4.69, 9.17) is 16.3 Å². The van der Waals surface area contributed by atoms with Gasteiger partial charge in [0, 0.05) is 11.1 Å². The molecule has 1 fully saturated rings. The molecule has 2 rings (SSSR count). The summed E-state index contributed by atoms with van der Waals surface area (Å²) in [6.45, 7) is 0. The molecule has 1 aliphatic rings. The minimum Gasteiger partial charge on any atom is -0.468 e. The van der Waals surface area contributed by atoms with Crippen molar-refractivity contribution in [3.05, 3.63) is 34.9 Å². The van der Waals surface area contributed by atoms with Crippen molar-refractivity contribution in [1.82, 2.24) is 5.32 Å². The summed E-state index contributed by atoms with van der Waals surface area (Å²) in [4.78, 5) is 12.1. The third kappa shape index (κ3) is 4.22. The maximum absolute atomic E-state index is 12.1. The van der Waals surface area contributed by atoms with Gasteiger partial charge in [0.1, 0.15) is 6.04 Å². The molecule has 110 valence electrons. The normalized spacial score (nSPS) is 18.3. The molecule has 0 aliphatic heterocycles. The standard InChI is InChI=1S/C16H22ClNO2/c1-20-16(19)15(12-7-6-8-13(17)11-12)18-14-9-4-2-3-5-10-14/h6-8,11,14-15,18H,2-5,9-10H2,1H3. The molecule has 1 aromatic rings.